The van der Waals surface area contributed by atoms with Crippen LogP contribution in [0, 0.1) is 11.3 Å². The molecule has 0 spiro atoms. The molecule has 2 aliphatic heterocycles. The Morgan fingerprint density at radius 1 is 1.21 bits per heavy atom. The number of hydrogen-bond donors (Lipinski definition) is 0. The molecular formula is C21H21N5O2S. The van der Waals surface area contributed by atoms with E-state index in [9.17, 15) is 14.9 Å². The van der Waals surface area contributed by atoms with E-state index in [1.165, 1.54) is 9.27 Å². The number of piperidine rings is 1. The van der Waals surface area contributed by atoms with Gasteiger partial charge in [0.15, 0.2) is 0 Å². The molecule has 1 aromatic carbocycles. The van der Waals surface area contributed by atoms with E-state index in [0.717, 1.165) is 42.9 Å². The van der Waals surface area contributed by atoms with Crippen molar-refractivity contribution in [2.75, 3.05) is 13.1 Å². The van der Waals surface area contributed by atoms with E-state index in [-0.39, 0.29) is 17.9 Å². The van der Waals surface area contributed by atoms with E-state index >= 15 is 0 Å². The highest BCUT2D eigenvalue weighted by atomic mass is 32.1. The zero-order valence-electron chi connectivity index (χ0n) is 16.0. The van der Waals surface area contributed by atoms with E-state index in [1.54, 1.807) is 15.9 Å². The van der Waals surface area contributed by atoms with Gasteiger partial charge in [0.25, 0.3) is 5.56 Å². The average Bonchev–Trinajstić information content (AvgIpc) is 3.39. The molecule has 3 aromatic rings. The molecule has 148 valence electrons. The van der Waals surface area contributed by atoms with Crippen molar-refractivity contribution in [3.05, 3.63) is 61.4 Å². The maximum atomic E-state index is 12.9. The molecule has 1 saturated heterocycles. The first kappa shape index (κ1) is 18.3. The normalized spacial score (nSPS) is 19.3. The Bertz CT molecular complexity index is 1220. The van der Waals surface area contributed by atoms with Crippen LogP contribution in [0.2, 0.25) is 0 Å². The second-order valence-electron chi connectivity index (χ2n) is 7.78. The number of fused-ring (bicyclic) bond motifs is 2. The van der Waals surface area contributed by atoms with Gasteiger partial charge < -0.3 is 0 Å². The minimum atomic E-state index is -0.451. The number of nitriles is 1. The lowest BCUT2D eigenvalue weighted by Crippen LogP contribution is -2.47. The van der Waals surface area contributed by atoms with Gasteiger partial charge in [-0.25, -0.2) is 14.3 Å². The van der Waals surface area contributed by atoms with Crippen LogP contribution < -0.4 is 11.2 Å². The number of nitrogens with zero attached hydrogens (tertiary/aromatic N) is 5. The van der Waals surface area contributed by atoms with Gasteiger partial charge in [-0.2, -0.15) is 5.26 Å². The third-order valence-electron chi connectivity index (χ3n) is 5.95. The largest absolute Gasteiger partial charge is 0.332 e. The number of benzene rings is 1. The highest BCUT2D eigenvalue weighted by molar-refractivity contribution is 7.18. The van der Waals surface area contributed by atoms with Crippen LogP contribution >= 0.6 is 11.3 Å². The molecule has 0 radical (unpaired) electrons. The van der Waals surface area contributed by atoms with E-state index in [2.05, 4.69) is 11.0 Å². The third-order valence-corrected chi connectivity index (χ3v) is 7.15. The number of thiazole rings is 1. The maximum absolute atomic E-state index is 12.9. The van der Waals surface area contributed by atoms with Crippen LogP contribution in [0.3, 0.4) is 0 Å². The molecule has 4 heterocycles. The summed E-state index contributed by atoms with van der Waals surface area (Å²) < 4.78 is 4.04. The predicted molar refractivity (Wildman–Crippen MR) is 111 cm³/mol. The second-order valence-corrected chi connectivity index (χ2v) is 8.84. The fraction of sp³-hybridized carbons (Fsp3) is 0.429. The fourth-order valence-corrected chi connectivity index (χ4v) is 5.62. The van der Waals surface area contributed by atoms with Gasteiger partial charge in [0.2, 0.25) is 0 Å². The lowest BCUT2D eigenvalue weighted by atomic mass is 9.99. The summed E-state index contributed by atoms with van der Waals surface area (Å²) >= 11 is 1.73. The van der Waals surface area contributed by atoms with Crippen molar-refractivity contribution in [2.24, 2.45) is 0 Å². The summed E-state index contributed by atoms with van der Waals surface area (Å²) in [6.45, 7) is 2.40. The Balaban J connectivity index is 1.43. The van der Waals surface area contributed by atoms with Crippen LogP contribution in [0.15, 0.2) is 33.9 Å². The summed E-state index contributed by atoms with van der Waals surface area (Å²) in [6, 6.07) is 10.2. The summed E-state index contributed by atoms with van der Waals surface area (Å²) in [7, 11) is 0. The highest BCUT2D eigenvalue weighted by Gasteiger charge is 2.27. The first-order chi connectivity index (χ1) is 14.2. The maximum Gasteiger partial charge on any atom is 0.332 e. The summed E-state index contributed by atoms with van der Waals surface area (Å²) in [6.07, 6.45) is 3.47. The van der Waals surface area contributed by atoms with E-state index in [0.29, 0.717) is 24.6 Å². The van der Waals surface area contributed by atoms with Crippen LogP contribution in [0.4, 0.5) is 0 Å². The second kappa shape index (κ2) is 7.25. The zero-order chi connectivity index (χ0) is 20.0. The molecule has 8 heteroatoms. The molecule has 1 unspecified atom stereocenters. The molecule has 5 rings (SSSR count). The van der Waals surface area contributed by atoms with Gasteiger partial charge in [0.1, 0.15) is 11.6 Å². The van der Waals surface area contributed by atoms with Gasteiger partial charge in [-0.05, 0) is 44.4 Å². The van der Waals surface area contributed by atoms with Gasteiger partial charge >= 0.3 is 5.69 Å². The summed E-state index contributed by atoms with van der Waals surface area (Å²) in [5, 5.41) is 10.6. The van der Waals surface area contributed by atoms with Crippen molar-refractivity contribution in [3.63, 3.8) is 0 Å². The van der Waals surface area contributed by atoms with Crippen LogP contribution in [-0.4, -0.2) is 32.1 Å². The smallest absolute Gasteiger partial charge is 0.296 e. The van der Waals surface area contributed by atoms with Crippen LogP contribution in [0.25, 0.3) is 10.2 Å². The van der Waals surface area contributed by atoms with Gasteiger partial charge in [0.05, 0.1) is 21.9 Å². The van der Waals surface area contributed by atoms with Crippen molar-refractivity contribution in [1.82, 2.24) is 19.0 Å². The standard InChI is InChI=1S/C21H21N5O2S/c22-11-15-17-7-4-10-25(17)21(28)26(20(15)27)13-24-9-3-5-14(12-24)19-23-16-6-1-2-8-18(16)29-19/h1-2,6,8,14H,3-5,7,9-10,12-13H2. The minimum Gasteiger partial charge on any atom is -0.296 e. The first-order valence-electron chi connectivity index (χ1n) is 10.00. The van der Waals surface area contributed by atoms with Crippen molar-refractivity contribution < 1.29 is 0 Å². The number of para-hydroxylation sites is 1. The molecule has 7 nitrogen and oxygen atoms in total. The minimum absolute atomic E-state index is 0.127. The van der Waals surface area contributed by atoms with E-state index in [1.807, 2.05) is 24.3 Å². The Morgan fingerprint density at radius 2 is 2.07 bits per heavy atom. The zero-order valence-corrected chi connectivity index (χ0v) is 16.8. The molecule has 0 aliphatic carbocycles. The molecule has 2 aromatic heterocycles. The molecule has 1 fully saturated rings. The molecule has 0 saturated carbocycles. The van der Waals surface area contributed by atoms with Gasteiger partial charge in [-0.1, -0.05) is 12.1 Å². The topological polar surface area (TPSA) is 83.9 Å². The SMILES string of the molecule is N#Cc1c2n(c(=O)n(CN3CCCC(c4nc5ccccc5s4)C3)c1=O)CCC2. The van der Waals surface area contributed by atoms with Gasteiger partial charge in [-0.15, -0.1) is 11.3 Å². The predicted octanol–water partition coefficient (Wildman–Crippen LogP) is 2.27. The number of hydrogen-bond acceptors (Lipinski definition) is 6. The molecule has 2 aliphatic rings. The third kappa shape index (κ3) is 3.11. The molecule has 0 bridgehead atoms. The van der Waals surface area contributed by atoms with Crippen LogP contribution in [0.5, 0.6) is 0 Å². The fourth-order valence-electron chi connectivity index (χ4n) is 4.52. The van der Waals surface area contributed by atoms with Gasteiger partial charge in [0, 0.05) is 24.7 Å². The first-order valence-corrected chi connectivity index (χ1v) is 10.8. The summed E-state index contributed by atoms with van der Waals surface area (Å²) in [5.74, 6) is 0.296. The Hall–Kier alpha value is -2.76. The Morgan fingerprint density at radius 3 is 2.90 bits per heavy atom. The summed E-state index contributed by atoms with van der Waals surface area (Å²) in [4.78, 5) is 32.6. The number of likely N-dealkylation sites (tertiary alicyclic amines) is 1. The number of rotatable bonds is 3. The quantitative estimate of drug-likeness (QED) is 0.665. The average molecular weight is 407 g/mol. The van der Waals surface area contributed by atoms with Crippen LogP contribution in [-0.2, 0) is 19.6 Å². The van der Waals surface area contributed by atoms with E-state index < -0.39 is 5.56 Å². The van der Waals surface area contributed by atoms with Crippen molar-refractivity contribution in [3.8, 4) is 6.07 Å². The van der Waals surface area contributed by atoms with Crippen molar-refractivity contribution >= 4 is 21.6 Å². The monoisotopic (exact) mass is 407 g/mol. The number of aromatic nitrogens is 3. The van der Waals surface area contributed by atoms with Crippen molar-refractivity contribution in [1.29, 1.82) is 5.26 Å². The summed E-state index contributed by atoms with van der Waals surface area (Å²) in [5.41, 5.74) is 1.01. The van der Waals surface area contributed by atoms with E-state index in [4.69, 9.17) is 4.98 Å². The molecular weight excluding hydrogens is 386 g/mol. The molecule has 0 amide bonds. The van der Waals surface area contributed by atoms with Crippen molar-refractivity contribution in [2.45, 2.75) is 44.8 Å². The Labute approximate surface area is 171 Å². The lowest BCUT2D eigenvalue weighted by molar-refractivity contribution is 0.159. The van der Waals surface area contributed by atoms with Crippen LogP contribution in [0.1, 0.15) is 41.4 Å². The molecule has 29 heavy (non-hydrogen) atoms. The lowest BCUT2D eigenvalue weighted by Gasteiger charge is -2.31. The molecule has 1 atom stereocenters. The Kier molecular flexibility index (Phi) is 4.57. The molecule has 0 N–H and O–H groups in total. The van der Waals surface area contributed by atoms with Gasteiger partial charge in [-0.3, -0.25) is 14.3 Å². The highest BCUT2D eigenvalue weighted by Crippen LogP contribution is 2.33.